The summed E-state index contributed by atoms with van der Waals surface area (Å²) < 4.78 is 26.5. The van der Waals surface area contributed by atoms with E-state index in [0.29, 0.717) is 0 Å². The fourth-order valence-electron chi connectivity index (χ4n) is 1.67. The van der Waals surface area contributed by atoms with Crippen molar-refractivity contribution in [1.29, 1.82) is 0 Å². The number of nitrogen functional groups attached to an aromatic ring is 1. The van der Waals surface area contributed by atoms with Gasteiger partial charge < -0.3 is 10.7 Å². The number of pyridine rings is 1. The lowest BCUT2D eigenvalue weighted by atomic mass is 10.2. The molecule has 0 saturated heterocycles. The van der Waals surface area contributed by atoms with E-state index in [-0.39, 0.29) is 29.4 Å². The van der Waals surface area contributed by atoms with Crippen LogP contribution < -0.4 is 16.6 Å². The number of benzene rings is 1. The molecule has 0 unspecified atom stereocenters. The molecule has 1 aromatic carbocycles. The first-order valence-corrected chi connectivity index (χ1v) is 5.81. The molecule has 21 heavy (non-hydrogen) atoms. The van der Waals surface area contributed by atoms with Crippen molar-refractivity contribution in [3.8, 4) is 0 Å². The largest absolute Gasteiger partial charge is 0.360 e. The number of hydrogen-bond acceptors (Lipinski definition) is 6. The predicted octanol–water partition coefficient (Wildman–Crippen LogP) is 2.17. The first kappa shape index (κ1) is 14.6. The summed E-state index contributed by atoms with van der Waals surface area (Å²) in [6.07, 6.45) is 0. The number of aromatic nitrogens is 1. The number of nitrogens with zero attached hydrogens (tertiary/aromatic N) is 2. The highest BCUT2D eigenvalue weighted by atomic mass is 19.1. The maximum atomic E-state index is 13.5. The smallest absolute Gasteiger partial charge is 0.311 e. The molecule has 0 saturated carbocycles. The topological polar surface area (TPSA) is 106 Å². The van der Waals surface area contributed by atoms with Crippen LogP contribution in [0, 0.1) is 21.7 Å². The Balaban J connectivity index is 2.26. The molecule has 0 aliphatic carbocycles. The van der Waals surface area contributed by atoms with Gasteiger partial charge in [-0.25, -0.2) is 19.6 Å². The van der Waals surface area contributed by atoms with Crippen molar-refractivity contribution in [2.45, 2.75) is 6.54 Å². The van der Waals surface area contributed by atoms with Crippen LogP contribution in [0.3, 0.4) is 0 Å². The number of hydrazine groups is 1. The molecule has 0 bridgehead atoms. The Kier molecular flexibility index (Phi) is 4.24. The number of halogens is 2. The first-order chi connectivity index (χ1) is 10.0. The molecule has 0 atom stereocenters. The second kappa shape index (κ2) is 6.09. The van der Waals surface area contributed by atoms with Gasteiger partial charge in [0, 0.05) is 18.2 Å². The van der Waals surface area contributed by atoms with Crippen molar-refractivity contribution in [2.75, 3.05) is 10.7 Å². The number of nitrogens with one attached hydrogen (secondary N) is 2. The molecule has 0 aliphatic rings. The molecule has 0 amide bonds. The van der Waals surface area contributed by atoms with Crippen molar-refractivity contribution in [3.63, 3.8) is 0 Å². The van der Waals surface area contributed by atoms with E-state index in [4.69, 9.17) is 5.84 Å². The highest BCUT2D eigenvalue weighted by Crippen LogP contribution is 2.24. The van der Waals surface area contributed by atoms with E-state index in [2.05, 4.69) is 15.7 Å². The SMILES string of the molecule is NNc1ccc([N+](=O)[O-])c(NCc2cc(F)ccc2F)n1. The number of nitrogens with two attached hydrogens (primary N) is 1. The fourth-order valence-corrected chi connectivity index (χ4v) is 1.67. The van der Waals surface area contributed by atoms with Gasteiger partial charge in [-0.05, 0) is 24.3 Å². The summed E-state index contributed by atoms with van der Waals surface area (Å²) in [6.45, 7) is -0.161. The molecule has 0 spiro atoms. The summed E-state index contributed by atoms with van der Waals surface area (Å²) in [5, 5.41) is 13.5. The minimum absolute atomic E-state index is 0.0252. The Morgan fingerprint density at radius 3 is 2.71 bits per heavy atom. The molecular formula is C12H11F2N5O2. The monoisotopic (exact) mass is 295 g/mol. The van der Waals surface area contributed by atoms with Crippen molar-refractivity contribution >= 4 is 17.3 Å². The van der Waals surface area contributed by atoms with Gasteiger partial charge in [-0.3, -0.25) is 10.1 Å². The van der Waals surface area contributed by atoms with Crippen LogP contribution >= 0.6 is 0 Å². The van der Waals surface area contributed by atoms with Crippen LogP contribution in [0.5, 0.6) is 0 Å². The van der Waals surface area contributed by atoms with Crippen LogP contribution in [0.15, 0.2) is 30.3 Å². The van der Waals surface area contributed by atoms with E-state index < -0.39 is 16.6 Å². The number of nitro groups is 1. The Hall–Kier alpha value is -2.81. The van der Waals surface area contributed by atoms with E-state index in [1.54, 1.807) is 0 Å². The lowest BCUT2D eigenvalue weighted by Crippen LogP contribution is -2.11. The van der Waals surface area contributed by atoms with E-state index in [1.165, 1.54) is 12.1 Å². The third kappa shape index (κ3) is 3.39. The highest BCUT2D eigenvalue weighted by molar-refractivity contribution is 5.60. The van der Waals surface area contributed by atoms with Crippen molar-refractivity contribution < 1.29 is 13.7 Å². The maximum absolute atomic E-state index is 13.5. The summed E-state index contributed by atoms with van der Waals surface area (Å²) >= 11 is 0. The van der Waals surface area contributed by atoms with Gasteiger partial charge in [-0.2, -0.15) is 0 Å². The highest BCUT2D eigenvalue weighted by Gasteiger charge is 2.16. The molecule has 2 aromatic rings. The maximum Gasteiger partial charge on any atom is 0.311 e. The van der Waals surface area contributed by atoms with E-state index in [9.17, 15) is 18.9 Å². The summed E-state index contributed by atoms with van der Waals surface area (Å²) in [5.41, 5.74) is 1.97. The van der Waals surface area contributed by atoms with Gasteiger partial charge >= 0.3 is 5.69 Å². The van der Waals surface area contributed by atoms with Crippen LogP contribution in [0.1, 0.15) is 5.56 Å². The molecule has 110 valence electrons. The van der Waals surface area contributed by atoms with Gasteiger partial charge in [0.2, 0.25) is 5.82 Å². The van der Waals surface area contributed by atoms with Crippen LogP contribution in [-0.4, -0.2) is 9.91 Å². The summed E-state index contributed by atoms with van der Waals surface area (Å²) in [5.74, 6) is 4.05. The second-order valence-electron chi connectivity index (χ2n) is 4.05. The Morgan fingerprint density at radius 2 is 2.05 bits per heavy atom. The minimum atomic E-state index is -0.641. The van der Waals surface area contributed by atoms with Crippen LogP contribution in [0.2, 0.25) is 0 Å². The number of hydrogen-bond donors (Lipinski definition) is 3. The average Bonchev–Trinajstić information content (AvgIpc) is 2.47. The minimum Gasteiger partial charge on any atom is -0.360 e. The van der Waals surface area contributed by atoms with Crippen LogP contribution in [0.25, 0.3) is 0 Å². The molecule has 1 heterocycles. The van der Waals surface area contributed by atoms with Crippen molar-refractivity contribution in [1.82, 2.24) is 4.98 Å². The van der Waals surface area contributed by atoms with Gasteiger partial charge in [0.05, 0.1) is 4.92 Å². The number of rotatable bonds is 5. The van der Waals surface area contributed by atoms with Gasteiger partial charge in [-0.15, -0.1) is 0 Å². The van der Waals surface area contributed by atoms with Crippen molar-refractivity contribution in [2.24, 2.45) is 5.84 Å². The van der Waals surface area contributed by atoms with E-state index in [1.807, 2.05) is 0 Å². The molecule has 0 radical (unpaired) electrons. The molecule has 2 rings (SSSR count). The first-order valence-electron chi connectivity index (χ1n) is 5.81. The zero-order valence-corrected chi connectivity index (χ0v) is 10.6. The Morgan fingerprint density at radius 1 is 1.29 bits per heavy atom. The Bertz CT molecular complexity index is 681. The third-order valence-electron chi connectivity index (χ3n) is 2.67. The zero-order chi connectivity index (χ0) is 15.4. The molecule has 0 fully saturated rings. The molecule has 0 aliphatic heterocycles. The fraction of sp³-hybridized carbons (Fsp3) is 0.0833. The lowest BCUT2D eigenvalue weighted by molar-refractivity contribution is -0.384. The normalized spacial score (nSPS) is 10.2. The quantitative estimate of drug-likeness (QED) is 0.443. The summed E-state index contributed by atoms with van der Waals surface area (Å²) in [4.78, 5) is 14.1. The molecule has 1 aromatic heterocycles. The average molecular weight is 295 g/mol. The molecular weight excluding hydrogens is 284 g/mol. The van der Waals surface area contributed by atoms with Crippen molar-refractivity contribution in [3.05, 3.63) is 57.6 Å². The van der Waals surface area contributed by atoms with Gasteiger partial charge in [0.1, 0.15) is 17.5 Å². The molecule has 7 nitrogen and oxygen atoms in total. The second-order valence-corrected chi connectivity index (χ2v) is 4.05. The molecule has 9 heteroatoms. The number of anilines is 2. The predicted molar refractivity (Wildman–Crippen MR) is 72.4 cm³/mol. The van der Waals surface area contributed by atoms with E-state index >= 15 is 0 Å². The summed E-state index contributed by atoms with van der Waals surface area (Å²) in [6, 6.07) is 5.49. The molecule has 4 N–H and O–H groups in total. The summed E-state index contributed by atoms with van der Waals surface area (Å²) in [7, 11) is 0. The Labute approximate surface area is 117 Å². The van der Waals surface area contributed by atoms with Gasteiger partial charge in [-0.1, -0.05) is 0 Å². The zero-order valence-electron chi connectivity index (χ0n) is 10.6. The van der Waals surface area contributed by atoms with E-state index in [0.717, 1.165) is 18.2 Å². The van der Waals surface area contributed by atoms with Gasteiger partial charge in [0.15, 0.2) is 0 Å². The standard InChI is InChI=1S/C12H11F2N5O2/c13-8-1-2-9(14)7(5-8)6-16-12-10(19(20)21)3-4-11(17-12)18-15/h1-5H,6,15H2,(H2,16,17,18). The van der Waals surface area contributed by atoms with Crippen LogP contribution in [0.4, 0.5) is 26.1 Å². The van der Waals surface area contributed by atoms with Gasteiger partial charge in [0.25, 0.3) is 0 Å². The lowest BCUT2D eigenvalue weighted by Gasteiger charge is -2.09. The van der Waals surface area contributed by atoms with Crippen LogP contribution in [-0.2, 0) is 6.54 Å². The third-order valence-corrected chi connectivity index (χ3v) is 2.67.